The number of hydrogen-bond donors (Lipinski definition) is 1. The average molecular weight is 304 g/mol. The third-order valence-electron chi connectivity index (χ3n) is 3.86. The Kier molecular flexibility index (Phi) is 5.37. The number of nitrogens with one attached hydrogen (secondary N) is 1. The molecule has 1 N–H and O–H groups in total. The second-order valence-corrected chi connectivity index (χ2v) is 6.98. The van der Waals surface area contributed by atoms with E-state index in [1.165, 1.54) is 31.4 Å². The molecule has 0 aliphatic heterocycles. The monoisotopic (exact) mass is 303 g/mol. The Morgan fingerprint density at radius 1 is 1.47 bits per heavy atom. The predicted octanol–water partition coefficient (Wildman–Crippen LogP) is 3.36. The lowest BCUT2D eigenvalue weighted by atomic mass is 10.0. The van der Waals surface area contributed by atoms with Crippen LogP contribution in [0.3, 0.4) is 0 Å². The van der Waals surface area contributed by atoms with Crippen molar-refractivity contribution >= 4 is 22.4 Å². The number of benzene rings is 1. The first-order valence-electron chi connectivity index (χ1n) is 6.62. The third-order valence-corrected chi connectivity index (χ3v) is 5.53. The van der Waals surface area contributed by atoms with Crippen molar-refractivity contribution in [3.05, 3.63) is 29.0 Å². The molecule has 1 aromatic carbocycles. The zero-order chi connectivity index (χ0) is 13.8. The summed E-state index contributed by atoms with van der Waals surface area (Å²) >= 11 is 5.71. The van der Waals surface area contributed by atoms with Crippen molar-refractivity contribution in [1.29, 1.82) is 0 Å². The summed E-state index contributed by atoms with van der Waals surface area (Å²) in [6.07, 6.45) is 4.58. The molecule has 0 amide bonds. The Bertz CT molecular complexity index is 469. The van der Waals surface area contributed by atoms with Crippen molar-refractivity contribution in [3.8, 4) is 0 Å². The average Bonchev–Trinajstić information content (AvgIpc) is 2.86. The highest BCUT2D eigenvalue weighted by Crippen LogP contribution is 2.29. The van der Waals surface area contributed by atoms with Crippen LogP contribution in [0.1, 0.15) is 25.7 Å². The molecule has 2 rings (SSSR count). The van der Waals surface area contributed by atoms with Crippen LogP contribution in [0.2, 0.25) is 5.02 Å². The van der Waals surface area contributed by atoms with Gasteiger partial charge in [-0.2, -0.15) is 0 Å². The molecular formula is C14H19ClFNOS. The lowest BCUT2D eigenvalue weighted by Gasteiger charge is -2.18. The van der Waals surface area contributed by atoms with Crippen LogP contribution in [0, 0.1) is 11.7 Å². The highest BCUT2D eigenvalue weighted by atomic mass is 35.5. The van der Waals surface area contributed by atoms with Crippen LogP contribution >= 0.6 is 11.6 Å². The van der Waals surface area contributed by atoms with E-state index in [9.17, 15) is 8.60 Å². The van der Waals surface area contributed by atoms with Crippen LogP contribution in [-0.2, 0) is 10.8 Å². The van der Waals surface area contributed by atoms with Gasteiger partial charge in [0.05, 0.1) is 15.8 Å². The summed E-state index contributed by atoms with van der Waals surface area (Å²) in [5, 5.41) is 3.37. The summed E-state index contributed by atoms with van der Waals surface area (Å²) in [6.45, 7) is 0. The third kappa shape index (κ3) is 3.77. The van der Waals surface area contributed by atoms with E-state index in [-0.39, 0.29) is 5.02 Å². The van der Waals surface area contributed by atoms with Crippen molar-refractivity contribution < 1.29 is 8.60 Å². The molecule has 0 spiro atoms. The van der Waals surface area contributed by atoms with Gasteiger partial charge in [-0.05, 0) is 50.4 Å². The van der Waals surface area contributed by atoms with E-state index in [0.717, 1.165) is 6.42 Å². The Balaban J connectivity index is 1.92. The molecule has 1 aromatic rings. The summed E-state index contributed by atoms with van der Waals surface area (Å²) < 4.78 is 25.2. The zero-order valence-corrected chi connectivity index (χ0v) is 12.6. The second kappa shape index (κ2) is 6.82. The van der Waals surface area contributed by atoms with Gasteiger partial charge in [-0.3, -0.25) is 4.21 Å². The summed E-state index contributed by atoms with van der Waals surface area (Å²) in [4.78, 5) is 0.616. The van der Waals surface area contributed by atoms with Crippen molar-refractivity contribution in [2.24, 2.45) is 5.92 Å². The highest BCUT2D eigenvalue weighted by molar-refractivity contribution is 7.85. The molecule has 0 heterocycles. The molecule has 0 saturated heterocycles. The van der Waals surface area contributed by atoms with Crippen LogP contribution in [0.15, 0.2) is 23.1 Å². The van der Waals surface area contributed by atoms with Crippen LogP contribution in [0.5, 0.6) is 0 Å². The molecule has 1 aliphatic carbocycles. The molecule has 3 unspecified atom stereocenters. The zero-order valence-electron chi connectivity index (χ0n) is 11.0. The summed E-state index contributed by atoms with van der Waals surface area (Å²) in [5.41, 5.74) is 0. The fourth-order valence-corrected chi connectivity index (χ4v) is 4.22. The van der Waals surface area contributed by atoms with Crippen LogP contribution < -0.4 is 5.32 Å². The Morgan fingerprint density at radius 3 is 2.95 bits per heavy atom. The maximum Gasteiger partial charge on any atom is 0.141 e. The topological polar surface area (TPSA) is 29.1 Å². The fourth-order valence-electron chi connectivity index (χ4n) is 2.76. The quantitative estimate of drug-likeness (QED) is 0.903. The molecule has 0 bridgehead atoms. The first-order valence-corrected chi connectivity index (χ1v) is 8.32. The van der Waals surface area contributed by atoms with E-state index in [0.29, 0.717) is 22.6 Å². The van der Waals surface area contributed by atoms with Gasteiger partial charge in [0.25, 0.3) is 0 Å². The molecule has 5 heteroatoms. The minimum atomic E-state index is -1.09. The van der Waals surface area contributed by atoms with E-state index in [1.807, 2.05) is 7.05 Å². The largest absolute Gasteiger partial charge is 0.317 e. The van der Waals surface area contributed by atoms with Gasteiger partial charge in [0.2, 0.25) is 0 Å². The molecule has 106 valence electrons. The van der Waals surface area contributed by atoms with E-state index in [2.05, 4.69) is 5.32 Å². The highest BCUT2D eigenvalue weighted by Gasteiger charge is 2.26. The molecule has 0 radical (unpaired) electrons. The van der Waals surface area contributed by atoms with Gasteiger partial charge in [0, 0.05) is 16.7 Å². The lowest BCUT2D eigenvalue weighted by molar-refractivity contribution is 0.416. The summed E-state index contributed by atoms with van der Waals surface area (Å²) in [6, 6.07) is 4.86. The number of rotatable bonds is 5. The van der Waals surface area contributed by atoms with Crippen LogP contribution in [-0.4, -0.2) is 23.1 Å². The van der Waals surface area contributed by atoms with Gasteiger partial charge in [-0.15, -0.1) is 0 Å². The molecule has 1 aliphatic rings. The molecule has 2 nitrogen and oxygen atoms in total. The minimum Gasteiger partial charge on any atom is -0.317 e. The van der Waals surface area contributed by atoms with Gasteiger partial charge in [-0.25, -0.2) is 4.39 Å². The smallest absolute Gasteiger partial charge is 0.141 e. The number of halogens is 2. The first kappa shape index (κ1) is 14.9. The van der Waals surface area contributed by atoms with E-state index < -0.39 is 16.6 Å². The summed E-state index contributed by atoms with van der Waals surface area (Å²) in [7, 11) is 0.892. The van der Waals surface area contributed by atoms with Crippen molar-refractivity contribution in [3.63, 3.8) is 0 Å². The lowest BCUT2D eigenvalue weighted by Crippen LogP contribution is -2.29. The Morgan fingerprint density at radius 2 is 2.26 bits per heavy atom. The van der Waals surface area contributed by atoms with Crippen molar-refractivity contribution in [2.45, 2.75) is 36.6 Å². The SMILES string of the molecule is CNC1CCCC1CCS(=O)c1ccc(F)c(Cl)c1. The molecular weight excluding hydrogens is 285 g/mol. The van der Waals surface area contributed by atoms with Crippen molar-refractivity contribution in [1.82, 2.24) is 5.32 Å². The second-order valence-electron chi connectivity index (χ2n) is 5.00. The van der Waals surface area contributed by atoms with Gasteiger partial charge >= 0.3 is 0 Å². The Labute approximate surface area is 121 Å². The molecule has 3 atom stereocenters. The summed E-state index contributed by atoms with van der Waals surface area (Å²) in [5.74, 6) is 0.753. The number of hydrogen-bond acceptors (Lipinski definition) is 2. The maximum absolute atomic E-state index is 13.1. The fraction of sp³-hybridized carbons (Fsp3) is 0.571. The van der Waals surface area contributed by atoms with Gasteiger partial charge in [0.15, 0.2) is 0 Å². The van der Waals surface area contributed by atoms with Gasteiger partial charge in [-0.1, -0.05) is 18.0 Å². The first-order chi connectivity index (χ1) is 9.11. The molecule has 0 aromatic heterocycles. The van der Waals surface area contributed by atoms with Crippen LogP contribution in [0.25, 0.3) is 0 Å². The maximum atomic E-state index is 13.1. The van der Waals surface area contributed by atoms with Crippen molar-refractivity contribution in [2.75, 3.05) is 12.8 Å². The molecule has 1 saturated carbocycles. The molecule has 19 heavy (non-hydrogen) atoms. The molecule has 1 fully saturated rings. The van der Waals surface area contributed by atoms with E-state index >= 15 is 0 Å². The normalized spacial score (nSPS) is 24.6. The van der Waals surface area contributed by atoms with Gasteiger partial charge < -0.3 is 5.32 Å². The van der Waals surface area contributed by atoms with E-state index in [4.69, 9.17) is 11.6 Å². The van der Waals surface area contributed by atoms with E-state index in [1.54, 1.807) is 6.07 Å². The van der Waals surface area contributed by atoms with Crippen LogP contribution in [0.4, 0.5) is 4.39 Å². The minimum absolute atomic E-state index is 0.0415. The van der Waals surface area contributed by atoms with Gasteiger partial charge in [0.1, 0.15) is 5.82 Å². The Hall–Kier alpha value is -0.450. The predicted molar refractivity (Wildman–Crippen MR) is 77.5 cm³/mol. The standard InChI is InChI=1S/C14H19ClFNOS/c1-17-14-4-2-3-10(14)7-8-19(18)11-5-6-13(16)12(15)9-11/h5-6,9-10,14,17H,2-4,7-8H2,1H3.